The van der Waals surface area contributed by atoms with Gasteiger partial charge in [-0.15, -0.1) is 0 Å². The first-order chi connectivity index (χ1) is 13.3. The number of carbonyl (C=O) groups is 2. The van der Waals surface area contributed by atoms with Crippen molar-refractivity contribution in [3.63, 3.8) is 0 Å². The van der Waals surface area contributed by atoms with E-state index in [1.54, 1.807) is 17.9 Å². The zero-order valence-electron chi connectivity index (χ0n) is 15.3. The van der Waals surface area contributed by atoms with Crippen LogP contribution in [0.3, 0.4) is 0 Å². The van der Waals surface area contributed by atoms with Crippen LogP contribution in [0.2, 0.25) is 0 Å². The molecule has 2 N–H and O–H groups in total. The molecule has 1 aliphatic heterocycles. The van der Waals surface area contributed by atoms with Gasteiger partial charge >= 0.3 is 6.18 Å². The van der Waals surface area contributed by atoms with E-state index < -0.39 is 17.6 Å². The normalized spacial score (nSPS) is 15.5. The van der Waals surface area contributed by atoms with Gasteiger partial charge in [0.1, 0.15) is 5.76 Å². The fraction of sp³-hybridized carbons (Fsp3) is 0.368. The van der Waals surface area contributed by atoms with Crippen LogP contribution in [0.25, 0.3) is 0 Å². The predicted molar refractivity (Wildman–Crippen MR) is 95.0 cm³/mol. The van der Waals surface area contributed by atoms with E-state index in [1.165, 1.54) is 24.5 Å². The van der Waals surface area contributed by atoms with Crippen molar-refractivity contribution in [3.8, 4) is 0 Å². The van der Waals surface area contributed by atoms with Crippen molar-refractivity contribution < 1.29 is 32.1 Å². The average Bonchev–Trinajstić information content (AvgIpc) is 3.07. The van der Waals surface area contributed by atoms with E-state index in [0.717, 1.165) is 11.0 Å². The molecule has 1 aromatic carbocycles. The van der Waals surface area contributed by atoms with Crippen molar-refractivity contribution in [1.82, 2.24) is 4.90 Å². The molecule has 0 atom stereocenters. The number of para-hydroxylation sites is 1. The highest BCUT2D eigenvalue weighted by Crippen LogP contribution is 2.34. The van der Waals surface area contributed by atoms with Crippen LogP contribution in [0.5, 0.6) is 0 Å². The summed E-state index contributed by atoms with van der Waals surface area (Å²) in [5.74, 6) is -0.0477. The van der Waals surface area contributed by atoms with E-state index in [-0.39, 0.29) is 18.1 Å². The molecule has 0 bridgehead atoms. The van der Waals surface area contributed by atoms with Crippen LogP contribution in [-0.4, -0.2) is 49.4 Å². The molecule has 0 radical (unpaired) electrons. The average molecular weight is 396 g/mol. The van der Waals surface area contributed by atoms with Gasteiger partial charge in [-0.3, -0.25) is 9.59 Å². The van der Waals surface area contributed by atoms with E-state index in [2.05, 4.69) is 5.32 Å². The number of nitrogens with one attached hydrogen (secondary N) is 2. The molecule has 28 heavy (non-hydrogen) atoms. The molecule has 1 saturated heterocycles. The zero-order chi connectivity index (χ0) is 20.3. The summed E-state index contributed by atoms with van der Waals surface area (Å²) < 4.78 is 44.2. The summed E-state index contributed by atoms with van der Waals surface area (Å²) >= 11 is 0. The Bertz CT molecular complexity index is 855. The smallest absolute Gasteiger partial charge is 0.418 e. The third-order valence-electron chi connectivity index (χ3n) is 4.76. The van der Waals surface area contributed by atoms with Crippen molar-refractivity contribution in [2.75, 3.05) is 38.0 Å². The largest absolute Gasteiger partial charge is 0.469 e. The molecule has 3 rings (SSSR count). The Kier molecular flexibility index (Phi) is 5.73. The maximum atomic E-state index is 13.0. The van der Waals surface area contributed by atoms with Gasteiger partial charge in [0.05, 0.1) is 49.3 Å². The topological polar surface area (TPSA) is 67.0 Å². The number of hydrogen-bond acceptors (Lipinski definition) is 3. The van der Waals surface area contributed by atoms with E-state index in [9.17, 15) is 22.8 Å². The monoisotopic (exact) mass is 396 g/mol. The first-order valence-electron chi connectivity index (χ1n) is 8.88. The molecule has 0 unspecified atom stereocenters. The minimum absolute atomic E-state index is 0.0406. The summed E-state index contributed by atoms with van der Waals surface area (Å²) in [5, 5.41) is 2.36. The van der Waals surface area contributed by atoms with Gasteiger partial charge in [0, 0.05) is 0 Å². The second-order valence-electron chi connectivity index (χ2n) is 6.70. The van der Waals surface area contributed by atoms with E-state index in [4.69, 9.17) is 4.42 Å². The van der Waals surface area contributed by atoms with Crippen molar-refractivity contribution in [3.05, 3.63) is 53.5 Å². The molecule has 0 saturated carbocycles. The van der Waals surface area contributed by atoms with E-state index in [0.29, 0.717) is 37.5 Å². The first kappa shape index (κ1) is 19.9. The highest BCUT2D eigenvalue weighted by atomic mass is 19.4. The third-order valence-corrected chi connectivity index (χ3v) is 4.76. The standard InChI is InChI=1S/C19H20F3N3O3/c1-13-14(6-11-28-13)18(27)25-9-7-24(8-10-25)12-17(26)23-16-5-3-2-4-15(16)19(20,21)22/h2-6,11H,7-10,12H2,1H3,(H,23,26)/p+1. The number of halogens is 3. The number of aryl methyl sites for hydroxylation is 1. The Hall–Kier alpha value is -2.81. The summed E-state index contributed by atoms with van der Waals surface area (Å²) in [5.41, 5.74) is -0.599. The molecule has 150 valence electrons. The first-order valence-corrected chi connectivity index (χ1v) is 8.88. The quantitative estimate of drug-likeness (QED) is 0.825. The van der Waals surface area contributed by atoms with Crippen LogP contribution < -0.4 is 10.2 Å². The number of anilines is 1. The van der Waals surface area contributed by atoms with Gasteiger partial charge in [-0.25, -0.2) is 0 Å². The van der Waals surface area contributed by atoms with Crippen LogP contribution >= 0.6 is 0 Å². The number of hydrogen-bond donors (Lipinski definition) is 2. The van der Waals surface area contributed by atoms with E-state index in [1.807, 2.05) is 0 Å². The lowest BCUT2D eigenvalue weighted by atomic mass is 10.1. The minimum atomic E-state index is -4.53. The maximum Gasteiger partial charge on any atom is 0.418 e. The number of quaternary nitrogens is 1. The lowest BCUT2D eigenvalue weighted by Crippen LogP contribution is -3.15. The maximum absolute atomic E-state index is 13.0. The molecule has 1 aromatic heterocycles. The zero-order valence-corrected chi connectivity index (χ0v) is 15.3. The van der Waals surface area contributed by atoms with Gasteiger partial charge in [-0.2, -0.15) is 13.2 Å². The fourth-order valence-electron chi connectivity index (χ4n) is 3.24. The predicted octanol–water partition coefficient (Wildman–Crippen LogP) is 1.59. The Morgan fingerprint density at radius 3 is 2.46 bits per heavy atom. The Morgan fingerprint density at radius 2 is 1.86 bits per heavy atom. The lowest BCUT2D eigenvalue weighted by molar-refractivity contribution is -0.895. The van der Waals surface area contributed by atoms with Crippen molar-refractivity contribution in [2.45, 2.75) is 13.1 Å². The number of benzene rings is 1. The molecule has 9 heteroatoms. The number of nitrogens with zero attached hydrogens (tertiary/aromatic N) is 1. The molecule has 1 aliphatic rings. The van der Waals surface area contributed by atoms with Gasteiger partial charge in [0.2, 0.25) is 0 Å². The number of furan rings is 1. The Balaban J connectivity index is 1.53. The molecule has 2 aromatic rings. The van der Waals surface area contributed by atoms with Crippen molar-refractivity contribution in [1.29, 1.82) is 0 Å². The minimum Gasteiger partial charge on any atom is -0.469 e. The van der Waals surface area contributed by atoms with Gasteiger partial charge < -0.3 is 19.5 Å². The fourth-order valence-corrected chi connectivity index (χ4v) is 3.24. The van der Waals surface area contributed by atoms with E-state index >= 15 is 0 Å². The van der Waals surface area contributed by atoms with Crippen molar-refractivity contribution in [2.24, 2.45) is 0 Å². The number of alkyl halides is 3. The highest BCUT2D eigenvalue weighted by Gasteiger charge is 2.34. The summed E-state index contributed by atoms with van der Waals surface area (Å²) in [6.07, 6.45) is -3.07. The second-order valence-corrected chi connectivity index (χ2v) is 6.70. The molecule has 2 heterocycles. The third kappa shape index (κ3) is 4.53. The van der Waals surface area contributed by atoms with Gasteiger partial charge in [-0.05, 0) is 25.1 Å². The molecule has 6 nitrogen and oxygen atoms in total. The molecule has 0 spiro atoms. The lowest BCUT2D eigenvalue weighted by Gasteiger charge is -2.31. The number of carbonyl (C=O) groups excluding carboxylic acids is 2. The molecule has 1 fully saturated rings. The Labute approximate surface area is 159 Å². The number of amides is 2. The van der Waals surface area contributed by atoms with Crippen LogP contribution in [0, 0.1) is 6.92 Å². The highest BCUT2D eigenvalue weighted by molar-refractivity contribution is 5.95. The van der Waals surface area contributed by atoms with Gasteiger partial charge in [0.15, 0.2) is 6.54 Å². The molecule has 0 aliphatic carbocycles. The summed E-state index contributed by atoms with van der Waals surface area (Å²) in [4.78, 5) is 27.3. The number of rotatable bonds is 4. The SMILES string of the molecule is Cc1occc1C(=O)N1CC[NH+](CC(=O)Nc2ccccc2C(F)(F)F)CC1. The van der Waals surface area contributed by atoms with Crippen LogP contribution in [0.15, 0.2) is 41.0 Å². The van der Waals surface area contributed by atoms with Gasteiger partial charge in [0.25, 0.3) is 11.8 Å². The number of piperazine rings is 1. The van der Waals surface area contributed by atoms with Crippen molar-refractivity contribution >= 4 is 17.5 Å². The molecular weight excluding hydrogens is 375 g/mol. The van der Waals surface area contributed by atoms with Gasteiger partial charge in [-0.1, -0.05) is 12.1 Å². The van der Waals surface area contributed by atoms with Crippen LogP contribution in [-0.2, 0) is 11.0 Å². The molecule has 2 amide bonds. The second kappa shape index (κ2) is 8.05. The molecular formula is C19H21F3N3O3+. The van der Waals surface area contributed by atoms with Crippen LogP contribution in [0.4, 0.5) is 18.9 Å². The summed E-state index contributed by atoms with van der Waals surface area (Å²) in [6.45, 7) is 3.77. The Morgan fingerprint density at radius 1 is 1.18 bits per heavy atom. The summed E-state index contributed by atoms with van der Waals surface area (Å²) in [6, 6.07) is 6.52. The van der Waals surface area contributed by atoms with Crippen LogP contribution in [0.1, 0.15) is 21.7 Å². The summed E-state index contributed by atoms with van der Waals surface area (Å²) in [7, 11) is 0.